The van der Waals surface area contributed by atoms with Gasteiger partial charge in [0.05, 0.1) is 0 Å². The maximum absolute atomic E-state index is 10.1. The number of nitriles is 1. The molecule has 33 heavy (non-hydrogen) atoms. The largest absolute Gasteiger partial charge is 0.478 e. The summed E-state index contributed by atoms with van der Waals surface area (Å²) in [7, 11) is 0. The number of ether oxygens (including phenoxy) is 1. The number of carboxylic acid groups (broad SMARTS) is 2. The number of carbonyl (C=O) groups is 2. The molecule has 0 aliphatic rings. The molecule has 2 aromatic rings. The van der Waals surface area contributed by atoms with Crippen LogP contribution in [0.2, 0.25) is 0 Å². The molecule has 0 spiro atoms. The van der Waals surface area contributed by atoms with Gasteiger partial charge >= 0.3 is 11.9 Å². The minimum absolute atomic E-state index is 0.0907. The zero-order chi connectivity index (χ0) is 24.7. The number of hydrogen-bond donors (Lipinski definition) is 4. The van der Waals surface area contributed by atoms with Gasteiger partial charge in [-0.2, -0.15) is 5.26 Å². The van der Waals surface area contributed by atoms with E-state index in [0.29, 0.717) is 24.3 Å². The highest BCUT2D eigenvalue weighted by molar-refractivity contribution is 5.89. The molecule has 1 unspecified atom stereocenters. The van der Waals surface area contributed by atoms with E-state index in [1.165, 1.54) is 5.56 Å². The molecule has 0 fully saturated rings. The van der Waals surface area contributed by atoms with Gasteiger partial charge in [0.15, 0.2) is 0 Å². The summed E-state index contributed by atoms with van der Waals surface area (Å²) in [6.45, 7) is 4.75. The van der Waals surface area contributed by atoms with Crippen LogP contribution in [0.25, 0.3) is 0 Å². The van der Waals surface area contributed by atoms with E-state index < -0.39 is 18.0 Å². The molecule has 176 valence electrons. The Morgan fingerprint density at radius 2 is 1.79 bits per heavy atom. The van der Waals surface area contributed by atoms with Gasteiger partial charge in [-0.15, -0.1) is 0 Å². The third-order valence-electron chi connectivity index (χ3n) is 4.37. The van der Waals surface area contributed by atoms with Crippen LogP contribution in [0.1, 0.15) is 31.4 Å². The third-order valence-corrected chi connectivity index (χ3v) is 4.37. The summed E-state index contributed by atoms with van der Waals surface area (Å²) in [6.07, 6.45) is 3.94. The predicted octanol–water partition coefficient (Wildman–Crippen LogP) is 2.41. The number of aryl methyl sites for hydroxylation is 1. The number of carboxylic acids is 2. The second kappa shape index (κ2) is 14.3. The zero-order valence-corrected chi connectivity index (χ0v) is 18.6. The quantitative estimate of drug-likeness (QED) is 0.374. The van der Waals surface area contributed by atoms with E-state index in [1.807, 2.05) is 24.3 Å². The van der Waals surface area contributed by atoms with Crippen LogP contribution in [0, 0.1) is 11.3 Å². The Bertz CT molecular complexity index is 938. The average Bonchev–Trinajstić information content (AvgIpc) is 2.80. The Morgan fingerprint density at radius 1 is 1.15 bits per heavy atom. The molecule has 0 aliphatic heterocycles. The van der Waals surface area contributed by atoms with Gasteiger partial charge in [-0.25, -0.2) is 14.6 Å². The number of aromatic nitrogens is 1. The van der Waals surface area contributed by atoms with Crippen molar-refractivity contribution in [1.82, 2.24) is 10.3 Å². The van der Waals surface area contributed by atoms with E-state index in [2.05, 4.69) is 36.3 Å². The summed E-state index contributed by atoms with van der Waals surface area (Å²) >= 11 is 0. The lowest BCUT2D eigenvalue weighted by Crippen LogP contribution is -2.45. The molecule has 1 atom stereocenters. The molecule has 0 aliphatic carbocycles. The molecule has 0 radical (unpaired) electrons. The number of pyridine rings is 1. The van der Waals surface area contributed by atoms with Crippen molar-refractivity contribution in [2.75, 3.05) is 13.2 Å². The van der Waals surface area contributed by atoms with Crippen molar-refractivity contribution in [2.24, 2.45) is 0 Å². The predicted molar refractivity (Wildman–Crippen MR) is 122 cm³/mol. The Morgan fingerprint density at radius 3 is 2.36 bits per heavy atom. The number of aliphatic hydroxyl groups excluding tert-OH is 1. The molecule has 4 N–H and O–H groups in total. The fourth-order valence-electron chi connectivity index (χ4n) is 2.55. The molecule has 1 aromatic heterocycles. The number of hydrogen-bond acceptors (Lipinski definition) is 7. The third kappa shape index (κ3) is 12.6. The van der Waals surface area contributed by atoms with Crippen LogP contribution in [0.5, 0.6) is 5.88 Å². The minimum atomic E-state index is -1.26. The number of benzene rings is 1. The highest BCUT2D eigenvalue weighted by atomic mass is 16.5. The maximum atomic E-state index is 10.1. The molecule has 9 heteroatoms. The lowest BCUT2D eigenvalue weighted by atomic mass is 9.95. The topological polar surface area (TPSA) is 153 Å². The molecule has 1 heterocycles. The summed E-state index contributed by atoms with van der Waals surface area (Å²) in [5.41, 5.74) is 1.57. The first-order valence-electron chi connectivity index (χ1n) is 10.2. The van der Waals surface area contributed by atoms with E-state index >= 15 is 0 Å². The number of β-amino-alcohol motifs (C(OH)–C–C–N with tert-alkyl or cyclic N) is 1. The molecule has 0 bridgehead atoms. The lowest BCUT2D eigenvalue weighted by molar-refractivity contribution is -0.134. The Hall–Kier alpha value is -3.74. The van der Waals surface area contributed by atoms with Crippen LogP contribution < -0.4 is 10.1 Å². The van der Waals surface area contributed by atoms with Crippen molar-refractivity contribution >= 4 is 11.9 Å². The van der Waals surface area contributed by atoms with Crippen molar-refractivity contribution in [1.29, 1.82) is 5.26 Å². The monoisotopic (exact) mass is 455 g/mol. The Labute approximate surface area is 193 Å². The summed E-state index contributed by atoms with van der Waals surface area (Å²) in [5, 5.41) is 38.1. The highest BCUT2D eigenvalue weighted by Gasteiger charge is 2.19. The van der Waals surface area contributed by atoms with Gasteiger partial charge in [0.1, 0.15) is 24.3 Å². The molecule has 1 aromatic carbocycles. The van der Waals surface area contributed by atoms with Crippen molar-refractivity contribution in [2.45, 2.75) is 38.3 Å². The standard InChI is InChI=1S/C20H25N3O2.C4H4O4/c1-20(2,11-10-16-7-4-3-5-8-16)23-14-18(24)15-25-19-17(13-21)9-6-12-22-19;5-3(6)1-2-4(7)8/h3-9,12,18,23-24H,10-11,14-15H2,1-2H3;1-2H,(H,5,6)(H,7,8). The van der Waals surface area contributed by atoms with Crippen molar-refractivity contribution < 1.29 is 29.6 Å². The number of rotatable bonds is 11. The van der Waals surface area contributed by atoms with E-state index in [4.69, 9.17) is 20.2 Å². The van der Waals surface area contributed by atoms with Crippen LogP contribution >= 0.6 is 0 Å². The van der Waals surface area contributed by atoms with Gasteiger partial charge in [-0.1, -0.05) is 30.3 Å². The number of nitrogens with zero attached hydrogens (tertiary/aromatic N) is 2. The van der Waals surface area contributed by atoms with Gasteiger partial charge in [0.2, 0.25) is 5.88 Å². The number of aliphatic carboxylic acids is 2. The van der Waals surface area contributed by atoms with E-state index in [-0.39, 0.29) is 18.0 Å². The molecular formula is C24H29N3O6. The normalized spacial score (nSPS) is 11.7. The van der Waals surface area contributed by atoms with Gasteiger partial charge in [-0.3, -0.25) is 0 Å². The van der Waals surface area contributed by atoms with Gasteiger partial charge in [0.25, 0.3) is 0 Å². The first kappa shape index (κ1) is 27.3. The molecule has 0 saturated heterocycles. The van der Waals surface area contributed by atoms with Crippen LogP contribution in [0.3, 0.4) is 0 Å². The molecule has 2 rings (SSSR count). The first-order chi connectivity index (χ1) is 15.6. The van der Waals surface area contributed by atoms with Crippen LogP contribution in [-0.4, -0.2) is 57.0 Å². The van der Waals surface area contributed by atoms with Crippen LogP contribution in [0.4, 0.5) is 0 Å². The second-order valence-corrected chi connectivity index (χ2v) is 7.69. The number of aliphatic hydroxyl groups is 1. The lowest BCUT2D eigenvalue weighted by Gasteiger charge is -2.28. The van der Waals surface area contributed by atoms with Gasteiger partial charge < -0.3 is 25.4 Å². The van der Waals surface area contributed by atoms with E-state index in [1.54, 1.807) is 18.3 Å². The fraction of sp³-hybridized carbons (Fsp3) is 0.333. The van der Waals surface area contributed by atoms with Crippen LogP contribution in [-0.2, 0) is 16.0 Å². The molecule has 9 nitrogen and oxygen atoms in total. The minimum Gasteiger partial charge on any atom is -0.478 e. The smallest absolute Gasteiger partial charge is 0.328 e. The zero-order valence-electron chi connectivity index (χ0n) is 18.6. The average molecular weight is 456 g/mol. The van der Waals surface area contributed by atoms with Crippen molar-refractivity contribution in [3.05, 3.63) is 71.9 Å². The highest BCUT2D eigenvalue weighted by Crippen LogP contribution is 2.15. The van der Waals surface area contributed by atoms with E-state index in [9.17, 15) is 14.7 Å². The fourth-order valence-corrected chi connectivity index (χ4v) is 2.55. The first-order valence-corrected chi connectivity index (χ1v) is 10.2. The SMILES string of the molecule is CC(C)(CCc1ccccc1)NCC(O)COc1ncccc1C#N.O=C(O)C=CC(=O)O. The van der Waals surface area contributed by atoms with Gasteiger partial charge in [-0.05, 0) is 44.4 Å². The second-order valence-electron chi connectivity index (χ2n) is 7.69. The molecule has 0 saturated carbocycles. The molecular weight excluding hydrogens is 426 g/mol. The Kier molecular flexibility index (Phi) is 11.9. The summed E-state index contributed by atoms with van der Waals surface area (Å²) in [5.74, 6) is -2.26. The molecule has 0 amide bonds. The summed E-state index contributed by atoms with van der Waals surface area (Å²) < 4.78 is 5.46. The Balaban J connectivity index is 0.000000582. The summed E-state index contributed by atoms with van der Waals surface area (Å²) in [4.78, 5) is 23.1. The number of nitrogens with one attached hydrogen (secondary N) is 1. The van der Waals surface area contributed by atoms with E-state index in [0.717, 1.165) is 12.8 Å². The van der Waals surface area contributed by atoms with Crippen molar-refractivity contribution in [3.8, 4) is 11.9 Å². The van der Waals surface area contributed by atoms with Gasteiger partial charge in [0, 0.05) is 30.4 Å². The van der Waals surface area contributed by atoms with Crippen LogP contribution in [0.15, 0.2) is 60.8 Å². The van der Waals surface area contributed by atoms with Crippen molar-refractivity contribution in [3.63, 3.8) is 0 Å². The summed E-state index contributed by atoms with van der Waals surface area (Å²) in [6, 6.07) is 15.7. The maximum Gasteiger partial charge on any atom is 0.328 e.